The number of hydrogen-bond donors (Lipinski definition) is 3. The number of anilines is 1. The summed E-state index contributed by atoms with van der Waals surface area (Å²) in [6, 6.07) is 2.48. The minimum Gasteiger partial charge on any atom is -0.478 e. The van der Waals surface area contributed by atoms with Gasteiger partial charge >= 0.3 is 11.9 Å². The molecule has 4 heterocycles. The van der Waals surface area contributed by atoms with Crippen molar-refractivity contribution in [2.75, 3.05) is 25.0 Å². The maximum absolute atomic E-state index is 9.55. The van der Waals surface area contributed by atoms with E-state index >= 15 is 0 Å². The fourth-order valence-electron chi connectivity index (χ4n) is 2.59. The number of carboxylic acid groups (broad SMARTS) is 2. The lowest BCUT2D eigenvalue weighted by atomic mass is 10.1. The second-order valence-electron chi connectivity index (χ2n) is 5.86. The van der Waals surface area contributed by atoms with Gasteiger partial charge in [-0.1, -0.05) is 0 Å². The second kappa shape index (κ2) is 8.27. The highest BCUT2D eigenvalue weighted by molar-refractivity contribution is 9.10. The van der Waals surface area contributed by atoms with Gasteiger partial charge < -0.3 is 20.4 Å². The minimum absolute atomic E-state index is 0.508. The van der Waals surface area contributed by atoms with Crippen molar-refractivity contribution in [1.29, 1.82) is 0 Å². The lowest BCUT2D eigenvalue weighted by Gasteiger charge is -2.39. The zero-order valence-electron chi connectivity index (χ0n) is 14.7. The van der Waals surface area contributed by atoms with Crippen molar-refractivity contribution in [3.63, 3.8) is 0 Å². The van der Waals surface area contributed by atoms with Gasteiger partial charge in [0.25, 0.3) is 0 Å². The van der Waals surface area contributed by atoms with Crippen LogP contribution < -0.4 is 10.2 Å². The highest BCUT2D eigenvalue weighted by Crippen LogP contribution is 2.26. The molecule has 28 heavy (non-hydrogen) atoms. The third-order valence-electron chi connectivity index (χ3n) is 3.99. The molecule has 1 aliphatic heterocycles. The van der Waals surface area contributed by atoms with Crippen LogP contribution in [0.15, 0.2) is 35.2 Å². The van der Waals surface area contributed by atoms with Gasteiger partial charge in [0.15, 0.2) is 11.5 Å². The van der Waals surface area contributed by atoms with Crippen molar-refractivity contribution in [3.05, 3.63) is 35.2 Å². The first kappa shape index (κ1) is 19.6. The first-order chi connectivity index (χ1) is 13.4. The van der Waals surface area contributed by atoms with Crippen molar-refractivity contribution in [2.45, 2.75) is 6.04 Å². The second-order valence-corrected chi connectivity index (χ2v) is 6.77. The average Bonchev–Trinajstić information content (AvgIpc) is 3.10. The Morgan fingerprint density at radius 2 is 1.96 bits per heavy atom. The summed E-state index contributed by atoms with van der Waals surface area (Å²) in [5.41, 5.74) is 2.36. The average molecular weight is 450 g/mol. The molecule has 1 saturated heterocycles. The van der Waals surface area contributed by atoms with E-state index in [1.54, 1.807) is 12.5 Å². The van der Waals surface area contributed by atoms with Crippen LogP contribution in [0.25, 0.3) is 16.8 Å². The number of carboxylic acids is 2. The summed E-state index contributed by atoms with van der Waals surface area (Å²) in [5, 5.41) is 27.1. The fourth-order valence-corrected chi connectivity index (χ4v) is 2.91. The Balaban J connectivity index is 0.000000242. The largest absolute Gasteiger partial charge is 0.478 e. The standard InChI is InChI=1S/C12H12BrN7.C4H4O4/c1-14-8-4-19(5-8)11-12-18-16-6-20(12)9-2-7(13)3-15-10(9)17-11;5-3(6)1-2-4(7)8/h2-3,6,8,14H,4-5H2,1H3;1-2H,(H,5,6)(H,7,8). The molecule has 0 amide bonds. The Labute approximate surface area is 166 Å². The number of hydrogen-bond acceptors (Lipinski definition) is 8. The van der Waals surface area contributed by atoms with Gasteiger partial charge in [-0.25, -0.2) is 19.6 Å². The number of rotatable bonds is 4. The van der Waals surface area contributed by atoms with E-state index in [1.807, 2.05) is 17.5 Å². The summed E-state index contributed by atoms with van der Waals surface area (Å²) >= 11 is 3.43. The molecule has 3 aromatic rings. The normalized spacial score (nSPS) is 14.1. The maximum atomic E-state index is 9.55. The molecule has 4 rings (SSSR count). The Morgan fingerprint density at radius 3 is 2.57 bits per heavy atom. The topological polar surface area (TPSA) is 146 Å². The van der Waals surface area contributed by atoms with Crippen molar-refractivity contribution in [2.24, 2.45) is 0 Å². The van der Waals surface area contributed by atoms with Crippen LogP contribution in [0.2, 0.25) is 0 Å². The molecule has 12 heteroatoms. The molecule has 0 aliphatic carbocycles. The minimum atomic E-state index is -1.26. The summed E-state index contributed by atoms with van der Waals surface area (Å²) in [7, 11) is 1.97. The molecule has 11 nitrogen and oxygen atoms in total. The van der Waals surface area contributed by atoms with E-state index in [0.717, 1.165) is 34.5 Å². The maximum Gasteiger partial charge on any atom is 0.328 e. The highest BCUT2D eigenvalue weighted by atomic mass is 79.9. The SMILES string of the molecule is CNC1CN(c2nc3ncc(Br)cc3n3cnnc23)C1.O=C(O)C=CC(=O)O. The summed E-state index contributed by atoms with van der Waals surface area (Å²) in [6.45, 7) is 1.85. The van der Waals surface area contributed by atoms with E-state index in [1.165, 1.54) is 0 Å². The molecule has 0 atom stereocenters. The Bertz CT molecular complexity index is 1050. The monoisotopic (exact) mass is 449 g/mol. The predicted molar refractivity (Wildman–Crippen MR) is 103 cm³/mol. The number of aromatic nitrogens is 5. The Morgan fingerprint density at radius 1 is 1.29 bits per heavy atom. The van der Waals surface area contributed by atoms with Gasteiger partial charge in [-0.05, 0) is 29.0 Å². The molecular weight excluding hydrogens is 434 g/mol. The molecule has 0 saturated carbocycles. The van der Waals surface area contributed by atoms with Crippen LogP contribution in [0.3, 0.4) is 0 Å². The predicted octanol–water partition coefficient (Wildman–Crippen LogP) is 0.555. The number of nitrogens with one attached hydrogen (secondary N) is 1. The number of nitrogens with zero attached hydrogens (tertiary/aromatic N) is 6. The number of aliphatic carboxylic acids is 2. The van der Waals surface area contributed by atoms with Crippen LogP contribution in [0, 0.1) is 0 Å². The van der Waals surface area contributed by atoms with Crippen molar-refractivity contribution < 1.29 is 19.8 Å². The van der Waals surface area contributed by atoms with Gasteiger partial charge in [0.2, 0.25) is 5.65 Å². The molecule has 3 N–H and O–H groups in total. The van der Waals surface area contributed by atoms with E-state index < -0.39 is 11.9 Å². The molecule has 146 valence electrons. The van der Waals surface area contributed by atoms with Gasteiger partial charge in [-0.3, -0.25) is 4.40 Å². The number of carbonyl (C=O) groups is 2. The summed E-state index contributed by atoms with van der Waals surface area (Å²) in [6.07, 6.45) is 4.57. The number of halogens is 1. The van der Waals surface area contributed by atoms with Gasteiger partial charge in [0, 0.05) is 42.0 Å². The van der Waals surface area contributed by atoms with Crippen LogP contribution in [0.5, 0.6) is 0 Å². The van der Waals surface area contributed by atoms with Gasteiger partial charge in [0.05, 0.1) is 5.52 Å². The molecule has 0 spiro atoms. The van der Waals surface area contributed by atoms with Gasteiger partial charge in [-0.2, -0.15) is 0 Å². The molecular formula is C16H16BrN7O4. The van der Waals surface area contributed by atoms with Crippen LogP contribution in [0.4, 0.5) is 5.82 Å². The summed E-state index contributed by atoms with van der Waals surface area (Å²) < 4.78 is 2.84. The van der Waals surface area contributed by atoms with Gasteiger partial charge in [-0.15, -0.1) is 10.2 Å². The smallest absolute Gasteiger partial charge is 0.328 e. The lowest BCUT2D eigenvalue weighted by Crippen LogP contribution is -2.57. The molecule has 0 aromatic carbocycles. The zero-order chi connectivity index (χ0) is 20.3. The van der Waals surface area contributed by atoms with Crippen LogP contribution in [0.1, 0.15) is 0 Å². The highest BCUT2D eigenvalue weighted by Gasteiger charge is 2.29. The van der Waals surface area contributed by atoms with Crippen LogP contribution in [-0.4, -0.2) is 72.9 Å². The molecule has 3 aromatic heterocycles. The zero-order valence-corrected chi connectivity index (χ0v) is 16.2. The molecule has 1 aliphatic rings. The number of pyridine rings is 1. The first-order valence-electron chi connectivity index (χ1n) is 8.10. The van der Waals surface area contributed by atoms with E-state index in [-0.39, 0.29) is 0 Å². The number of likely N-dealkylation sites (N-methyl/N-ethyl adjacent to an activating group) is 1. The molecule has 0 radical (unpaired) electrons. The first-order valence-corrected chi connectivity index (χ1v) is 8.89. The molecule has 0 unspecified atom stereocenters. The Hall–Kier alpha value is -3.12. The van der Waals surface area contributed by atoms with Crippen LogP contribution >= 0.6 is 15.9 Å². The number of fused-ring (bicyclic) bond motifs is 3. The fraction of sp³-hybridized carbons (Fsp3) is 0.250. The van der Waals surface area contributed by atoms with E-state index in [9.17, 15) is 9.59 Å². The molecule has 0 bridgehead atoms. The van der Waals surface area contributed by atoms with Crippen LogP contribution in [-0.2, 0) is 9.59 Å². The molecule has 1 fully saturated rings. The van der Waals surface area contributed by atoms with Crippen molar-refractivity contribution >= 4 is 50.5 Å². The van der Waals surface area contributed by atoms with Gasteiger partial charge in [0.1, 0.15) is 6.33 Å². The summed E-state index contributed by atoms with van der Waals surface area (Å²) in [4.78, 5) is 30.3. The van der Waals surface area contributed by atoms with Crippen molar-refractivity contribution in [3.8, 4) is 0 Å². The Kier molecular flexibility index (Phi) is 5.80. The third kappa shape index (κ3) is 4.23. The van der Waals surface area contributed by atoms with E-state index in [0.29, 0.717) is 23.8 Å². The quantitative estimate of drug-likeness (QED) is 0.482. The third-order valence-corrected chi connectivity index (χ3v) is 4.42. The summed E-state index contributed by atoms with van der Waals surface area (Å²) in [5.74, 6) is -1.67. The van der Waals surface area contributed by atoms with E-state index in [2.05, 4.69) is 46.3 Å². The lowest BCUT2D eigenvalue weighted by molar-refractivity contribution is -0.134. The van der Waals surface area contributed by atoms with E-state index in [4.69, 9.17) is 10.2 Å². The van der Waals surface area contributed by atoms with Crippen molar-refractivity contribution in [1.82, 2.24) is 29.9 Å².